The van der Waals surface area contributed by atoms with Crippen molar-refractivity contribution in [3.05, 3.63) is 30.5 Å². The van der Waals surface area contributed by atoms with E-state index in [1.807, 2.05) is 0 Å². The molecule has 0 saturated heterocycles. The van der Waals surface area contributed by atoms with Gasteiger partial charge < -0.3 is 5.11 Å². The van der Waals surface area contributed by atoms with E-state index < -0.39 is 9.84 Å². The number of aromatic nitrogens is 1. The Kier molecular flexibility index (Phi) is 2.12. The summed E-state index contributed by atoms with van der Waals surface area (Å²) >= 11 is 0. The molecule has 0 saturated carbocycles. The van der Waals surface area contributed by atoms with Crippen LogP contribution in [0.3, 0.4) is 0 Å². The SMILES string of the molecule is CS(=O)(=O)c1ccc2ncc(O)cc2c1. The van der Waals surface area contributed by atoms with Gasteiger partial charge in [-0.05, 0) is 24.3 Å². The molecule has 0 amide bonds. The first-order valence-corrected chi connectivity index (χ1v) is 6.15. The standard InChI is InChI=1S/C10H9NO3S/c1-15(13,14)9-2-3-10-7(5-9)4-8(12)6-11-10/h2-6,12H,1H3. The highest BCUT2D eigenvalue weighted by atomic mass is 32.2. The van der Waals surface area contributed by atoms with E-state index in [9.17, 15) is 13.5 Å². The van der Waals surface area contributed by atoms with Gasteiger partial charge in [0.05, 0.1) is 16.6 Å². The fourth-order valence-electron chi connectivity index (χ4n) is 1.33. The van der Waals surface area contributed by atoms with Crippen LogP contribution in [0, 0.1) is 0 Å². The smallest absolute Gasteiger partial charge is 0.175 e. The van der Waals surface area contributed by atoms with Crippen molar-refractivity contribution in [2.45, 2.75) is 4.90 Å². The van der Waals surface area contributed by atoms with Crippen LogP contribution in [0.5, 0.6) is 5.75 Å². The molecule has 4 nitrogen and oxygen atoms in total. The lowest BCUT2D eigenvalue weighted by Crippen LogP contribution is -1.96. The minimum atomic E-state index is -3.22. The highest BCUT2D eigenvalue weighted by Gasteiger charge is 2.07. The molecule has 0 spiro atoms. The van der Waals surface area contributed by atoms with Gasteiger partial charge in [-0.2, -0.15) is 0 Å². The second-order valence-corrected chi connectivity index (χ2v) is 5.34. The molecule has 15 heavy (non-hydrogen) atoms. The van der Waals surface area contributed by atoms with Crippen molar-refractivity contribution in [3.8, 4) is 5.75 Å². The summed E-state index contributed by atoms with van der Waals surface area (Å²) in [5.74, 6) is 0.0214. The summed E-state index contributed by atoms with van der Waals surface area (Å²) in [6, 6.07) is 6.10. The van der Waals surface area contributed by atoms with Gasteiger partial charge in [-0.15, -0.1) is 0 Å². The molecule has 0 fully saturated rings. The van der Waals surface area contributed by atoms with Gasteiger partial charge in [-0.3, -0.25) is 4.98 Å². The predicted octanol–water partition coefficient (Wildman–Crippen LogP) is 1.34. The molecule has 0 bridgehead atoms. The number of rotatable bonds is 1. The number of pyridine rings is 1. The maximum Gasteiger partial charge on any atom is 0.175 e. The summed E-state index contributed by atoms with van der Waals surface area (Å²) in [5.41, 5.74) is 0.653. The number of sulfone groups is 1. The van der Waals surface area contributed by atoms with E-state index in [1.165, 1.54) is 24.4 Å². The zero-order valence-corrected chi connectivity index (χ0v) is 8.82. The fraction of sp³-hybridized carbons (Fsp3) is 0.100. The highest BCUT2D eigenvalue weighted by molar-refractivity contribution is 7.90. The summed E-state index contributed by atoms with van der Waals surface area (Å²) in [6.45, 7) is 0. The minimum absolute atomic E-state index is 0.0214. The first-order valence-electron chi connectivity index (χ1n) is 4.26. The van der Waals surface area contributed by atoms with Gasteiger partial charge in [0.1, 0.15) is 5.75 Å². The third-order valence-corrected chi connectivity index (χ3v) is 3.18. The molecule has 78 valence electrons. The van der Waals surface area contributed by atoms with Gasteiger partial charge in [-0.1, -0.05) is 0 Å². The van der Waals surface area contributed by atoms with Crippen LogP contribution in [0.2, 0.25) is 0 Å². The molecule has 0 unspecified atom stereocenters. The van der Waals surface area contributed by atoms with E-state index in [0.29, 0.717) is 10.9 Å². The van der Waals surface area contributed by atoms with Gasteiger partial charge in [0, 0.05) is 11.6 Å². The fourth-order valence-corrected chi connectivity index (χ4v) is 1.98. The Labute approximate surface area is 87.1 Å². The Hall–Kier alpha value is -1.62. The Morgan fingerprint density at radius 3 is 2.67 bits per heavy atom. The van der Waals surface area contributed by atoms with E-state index in [0.717, 1.165) is 6.26 Å². The summed E-state index contributed by atoms with van der Waals surface area (Å²) < 4.78 is 22.6. The molecule has 0 aliphatic carbocycles. The Morgan fingerprint density at radius 2 is 2.00 bits per heavy atom. The first kappa shape index (κ1) is 9.92. The van der Waals surface area contributed by atoms with E-state index in [2.05, 4.69) is 4.98 Å². The second-order valence-electron chi connectivity index (χ2n) is 3.32. The maximum atomic E-state index is 11.3. The van der Waals surface area contributed by atoms with Crippen LogP contribution < -0.4 is 0 Å². The van der Waals surface area contributed by atoms with Gasteiger partial charge in [0.15, 0.2) is 9.84 Å². The van der Waals surface area contributed by atoms with Crippen LogP contribution in [0.15, 0.2) is 35.4 Å². The number of hydrogen-bond donors (Lipinski definition) is 1. The number of benzene rings is 1. The van der Waals surface area contributed by atoms with E-state index in [4.69, 9.17) is 0 Å². The quantitative estimate of drug-likeness (QED) is 0.792. The van der Waals surface area contributed by atoms with Crippen molar-refractivity contribution in [1.82, 2.24) is 4.98 Å². The van der Waals surface area contributed by atoms with Gasteiger partial charge >= 0.3 is 0 Å². The molecule has 0 aliphatic rings. The van der Waals surface area contributed by atoms with Gasteiger partial charge in [-0.25, -0.2) is 8.42 Å². The summed E-state index contributed by atoms with van der Waals surface area (Å²) in [6.07, 6.45) is 2.47. The van der Waals surface area contributed by atoms with E-state index >= 15 is 0 Å². The number of fused-ring (bicyclic) bond motifs is 1. The Balaban J connectivity index is 2.75. The van der Waals surface area contributed by atoms with Crippen molar-refractivity contribution in [2.75, 3.05) is 6.26 Å². The van der Waals surface area contributed by atoms with E-state index in [-0.39, 0.29) is 10.6 Å². The Bertz CT molecular complexity index is 620. The van der Waals surface area contributed by atoms with Crippen LogP contribution in [0.4, 0.5) is 0 Å². The molecule has 5 heteroatoms. The molecular weight excluding hydrogens is 214 g/mol. The molecule has 1 aromatic heterocycles. The molecule has 0 radical (unpaired) electrons. The number of nitrogens with zero attached hydrogens (tertiary/aromatic N) is 1. The lowest BCUT2D eigenvalue weighted by atomic mass is 10.2. The average molecular weight is 223 g/mol. The molecule has 0 atom stereocenters. The first-order chi connectivity index (χ1) is 6.97. The molecule has 2 aromatic rings. The van der Waals surface area contributed by atoms with Crippen molar-refractivity contribution >= 4 is 20.7 Å². The summed E-state index contributed by atoms with van der Waals surface area (Å²) in [4.78, 5) is 4.18. The molecule has 1 N–H and O–H groups in total. The van der Waals surface area contributed by atoms with Crippen LogP contribution in [-0.2, 0) is 9.84 Å². The molecule has 1 heterocycles. The number of aromatic hydroxyl groups is 1. The molecular formula is C10H9NO3S. The molecule has 2 rings (SSSR count). The van der Waals surface area contributed by atoms with Crippen molar-refractivity contribution in [1.29, 1.82) is 0 Å². The second kappa shape index (κ2) is 3.20. The summed E-state index contributed by atoms with van der Waals surface area (Å²) in [5, 5.41) is 9.82. The highest BCUT2D eigenvalue weighted by Crippen LogP contribution is 2.20. The molecule has 1 aromatic carbocycles. The third kappa shape index (κ3) is 1.92. The monoisotopic (exact) mass is 223 g/mol. The number of hydrogen-bond acceptors (Lipinski definition) is 4. The van der Waals surface area contributed by atoms with Crippen LogP contribution in [-0.4, -0.2) is 24.8 Å². The van der Waals surface area contributed by atoms with Crippen molar-refractivity contribution < 1.29 is 13.5 Å². The maximum absolute atomic E-state index is 11.3. The topological polar surface area (TPSA) is 67.3 Å². The van der Waals surface area contributed by atoms with Crippen LogP contribution in [0.25, 0.3) is 10.9 Å². The van der Waals surface area contributed by atoms with Crippen LogP contribution in [0.1, 0.15) is 0 Å². The van der Waals surface area contributed by atoms with E-state index in [1.54, 1.807) is 6.07 Å². The van der Waals surface area contributed by atoms with Gasteiger partial charge in [0.25, 0.3) is 0 Å². The lowest BCUT2D eigenvalue weighted by Gasteiger charge is -2.01. The predicted molar refractivity (Wildman–Crippen MR) is 56.5 cm³/mol. The lowest BCUT2D eigenvalue weighted by molar-refractivity contribution is 0.474. The van der Waals surface area contributed by atoms with Crippen molar-refractivity contribution in [2.24, 2.45) is 0 Å². The summed E-state index contributed by atoms with van der Waals surface area (Å²) in [7, 11) is -3.22. The zero-order valence-electron chi connectivity index (χ0n) is 8.01. The Morgan fingerprint density at radius 1 is 1.27 bits per heavy atom. The molecule has 0 aliphatic heterocycles. The van der Waals surface area contributed by atoms with Crippen LogP contribution >= 0.6 is 0 Å². The van der Waals surface area contributed by atoms with Crippen molar-refractivity contribution in [3.63, 3.8) is 0 Å². The average Bonchev–Trinajstić information content (AvgIpc) is 2.15. The minimum Gasteiger partial charge on any atom is -0.506 e. The third-order valence-electron chi connectivity index (χ3n) is 2.07. The van der Waals surface area contributed by atoms with Gasteiger partial charge in [0.2, 0.25) is 0 Å². The zero-order chi connectivity index (χ0) is 11.1. The normalized spacial score (nSPS) is 11.8. The largest absolute Gasteiger partial charge is 0.506 e.